The second-order valence-corrected chi connectivity index (χ2v) is 12.3. The summed E-state index contributed by atoms with van der Waals surface area (Å²) < 4.78 is 17.6. The molecule has 21 heavy (non-hydrogen) atoms. The fourth-order valence-corrected chi connectivity index (χ4v) is 11.8. The van der Waals surface area contributed by atoms with E-state index < -0.39 is 20.4 Å². The molecule has 5 rings (SSSR count). The summed E-state index contributed by atoms with van der Waals surface area (Å²) in [5, 5.41) is 0. The first-order valence-electron chi connectivity index (χ1n) is 7.32. The standard InChI is InChI=1S/C13H16I2N2O4/c14-9(13-15(16-13)17-13)10(18)21-8-4-7-3-6(8)5-12(7)1-2-20-11(12)19/h6-9,16-17H,1-5H2. The second kappa shape index (κ2) is 4.23. The molecule has 0 radical (unpaired) electrons. The molecule has 3 heterocycles. The van der Waals surface area contributed by atoms with Gasteiger partial charge in [-0.3, -0.25) is 0 Å². The van der Waals surface area contributed by atoms with Gasteiger partial charge >= 0.3 is 144 Å². The van der Waals surface area contributed by atoms with E-state index in [1.165, 1.54) is 0 Å². The number of nitrogens with one attached hydrogen (secondary N) is 2. The third kappa shape index (κ3) is 1.76. The van der Waals surface area contributed by atoms with Crippen LogP contribution in [-0.2, 0) is 19.1 Å². The zero-order valence-corrected chi connectivity index (χ0v) is 15.5. The van der Waals surface area contributed by atoms with Crippen LogP contribution < -0.4 is 7.06 Å². The van der Waals surface area contributed by atoms with Crippen LogP contribution in [0.25, 0.3) is 0 Å². The molecule has 8 heteroatoms. The molecule has 2 aliphatic carbocycles. The predicted molar refractivity (Wildman–Crippen MR) is 89.6 cm³/mol. The Morgan fingerprint density at radius 2 is 2.24 bits per heavy atom. The average Bonchev–Trinajstić information content (AvgIpc) is 3.16. The van der Waals surface area contributed by atoms with Crippen molar-refractivity contribution in [3.8, 4) is 0 Å². The van der Waals surface area contributed by atoms with Crippen LogP contribution in [0.4, 0.5) is 0 Å². The molecule has 0 aromatic carbocycles. The van der Waals surface area contributed by atoms with E-state index in [-0.39, 0.29) is 31.1 Å². The molecule has 3 saturated heterocycles. The van der Waals surface area contributed by atoms with Gasteiger partial charge in [0.05, 0.1) is 0 Å². The fraction of sp³-hybridized carbons (Fsp3) is 0.846. The number of hydrogen-bond acceptors (Lipinski definition) is 6. The molecule has 5 fully saturated rings. The molecule has 116 valence electrons. The van der Waals surface area contributed by atoms with Crippen molar-refractivity contribution >= 4 is 54.9 Å². The van der Waals surface area contributed by atoms with Crippen LogP contribution >= 0.6 is 43.0 Å². The number of fused-ring (bicyclic) bond motifs is 4. The zero-order chi connectivity index (χ0) is 14.4. The number of hydrogen-bond donors (Lipinski definition) is 2. The van der Waals surface area contributed by atoms with E-state index in [2.05, 4.69) is 29.7 Å². The van der Waals surface area contributed by atoms with E-state index in [9.17, 15) is 9.59 Å². The maximum absolute atomic E-state index is 12.3. The quantitative estimate of drug-likeness (QED) is 0.146. The average molecular weight is 518 g/mol. The summed E-state index contributed by atoms with van der Waals surface area (Å²) in [6.45, 7) is 0.564. The van der Waals surface area contributed by atoms with Crippen molar-refractivity contribution in [1.29, 1.82) is 0 Å². The summed E-state index contributed by atoms with van der Waals surface area (Å²) in [6.07, 6.45) is 3.56. The van der Waals surface area contributed by atoms with Crippen molar-refractivity contribution in [2.75, 3.05) is 6.61 Å². The van der Waals surface area contributed by atoms with Crippen LogP contribution in [0.1, 0.15) is 25.7 Å². The summed E-state index contributed by atoms with van der Waals surface area (Å²) in [4.78, 5) is 24.3. The Kier molecular flexibility index (Phi) is 2.77. The molecule has 2 N–H and O–H groups in total. The maximum atomic E-state index is 12.3. The van der Waals surface area contributed by atoms with E-state index in [4.69, 9.17) is 9.47 Å². The molecular weight excluding hydrogens is 502 g/mol. The Bertz CT molecular complexity index is 552. The Labute approximate surface area is 143 Å². The first-order valence-corrected chi connectivity index (χ1v) is 11.8. The van der Waals surface area contributed by atoms with E-state index in [1.807, 2.05) is 0 Å². The fourth-order valence-electron chi connectivity index (χ4n) is 4.46. The summed E-state index contributed by atoms with van der Waals surface area (Å²) in [6, 6.07) is 0. The number of rotatable bonds is 3. The molecule has 5 unspecified atom stereocenters. The monoisotopic (exact) mass is 518 g/mol. The molecule has 5 atom stereocenters. The number of alkyl halides is 2. The molecule has 0 aromatic heterocycles. The van der Waals surface area contributed by atoms with Crippen molar-refractivity contribution in [2.45, 2.75) is 39.4 Å². The normalized spacial score (nSPS) is 47.2. The molecule has 3 aliphatic heterocycles. The summed E-state index contributed by atoms with van der Waals surface area (Å²) >= 11 is 1.10. The van der Waals surface area contributed by atoms with Crippen LogP contribution in [0.2, 0.25) is 0 Å². The van der Waals surface area contributed by atoms with Gasteiger partial charge in [0.1, 0.15) is 0 Å². The molecule has 1 spiro atoms. The van der Waals surface area contributed by atoms with Gasteiger partial charge in [-0.2, -0.15) is 0 Å². The van der Waals surface area contributed by atoms with Crippen LogP contribution in [0.5, 0.6) is 0 Å². The summed E-state index contributed by atoms with van der Waals surface area (Å²) in [5.41, 5.74) is -0.245. The Hall–Kier alpha value is 0.320. The SMILES string of the molecule is O=C(OC1CC2CC1CC21CCOC1=O)C(I)C12NI1N2. The van der Waals surface area contributed by atoms with E-state index in [0.29, 0.717) is 18.4 Å². The summed E-state index contributed by atoms with van der Waals surface area (Å²) in [7, 11) is 0. The summed E-state index contributed by atoms with van der Waals surface area (Å²) in [5.74, 6) is 0.597. The first-order chi connectivity index (χ1) is 10.1. The number of ether oxygens (including phenoxy) is 2. The van der Waals surface area contributed by atoms with Crippen molar-refractivity contribution in [3.63, 3.8) is 0 Å². The van der Waals surface area contributed by atoms with Crippen LogP contribution in [-0.4, -0.2) is 32.2 Å². The molecule has 0 aromatic rings. The van der Waals surface area contributed by atoms with Crippen LogP contribution in [0.15, 0.2) is 0 Å². The van der Waals surface area contributed by atoms with E-state index in [1.54, 1.807) is 0 Å². The van der Waals surface area contributed by atoms with Gasteiger partial charge in [-0.1, -0.05) is 0 Å². The van der Waals surface area contributed by atoms with Crippen LogP contribution in [0, 0.1) is 17.3 Å². The number of cyclic esters (lactones) is 1. The van der Waals surface area contributed by atoms with Gasteiger partial charge in [0.25, 0.3) is 0 Å². The van der Waals surface area contributed by atoms with Crippen molar-refractivity contribution in [2.24, 2.45) is 17.3 Å². The Balaban J connectivity index is 1.25. The van der Waals surface area contributed by atoms with Crippen LogP contribution in [0.3, 0.4) is 0 Å². The third-order valence-corrected chi connectivity index (χ3v) is 12.9. The van der Waals surface area contributed by atoms with Gasteiger partial charge in [0, 0.05) is 0 Å². The molecule has 6 nitrogen and oxygen atoms in total. The van der Waals surface area contributed by atoms with Crippen molar-refractivity contribution < 1.29 is 19.1 Å². The molecule has 2 saturated carbocycles. The predicted octanol–water partition coefficient (Wildman–Crippen LogP) is 1.26. The Morgan fingerprint density at radius 3 is 2.76 bits per heavy atom. The molecule has 2 bridgehead atoms. The minimum absolute atomic E-state index is 0.00920. The minimum atomic E-state index is -1.09. The Morgan fingerprint density at radius 1 is 1.48 bits per heavy atom. The molecule has 0 amide bonds. The van der Waals surface area contributed by atoms with E-state index in [0.717, 1.165) is 25.7 Å². The van der Waals surface area contributed by atoms with Gasteiger partial charge in [0.15, 0.2) is 0 Å². The number of carbonyl (C=O) groups excluding carboxylic acids is 2. The number of carbonyl (C=O) groups is 2. The molecular formula is C13H16I2N2O4. The number of esters is 2. The molecule has 5 aliphatic rings. The third-order valence-electron chi connectivity index (χ3n) is 5.74. The van der Waals surface area contributed by atoms with E-state index >= 15 is 0 Å². The van der Waals surface area contributed by atoms with Gasteiger partial charge in [0.2, 0.25) is 0 Å². The van der Waals surface area contributed by atoms with Gasteiger partial charge in [-0.15, -0.1) is 0 Å². The first kappa shape index (κ1) is 13.7. The van der Waals surface area contributed by atoms with Crippen molar-refractivity contribution in [3.05, 3.63) is 0 Å². The van der Waals surface area contributed by atoms with Gasteiger partial charge < -0.3 is 0 Å². The zero-order valence-electron chi connectivity index (χ0n) is 11.2. The topological polar surface area (TPSA) is 96.5 Å². The van der Waals surface area contributed by atoms with Gasteiger partial charge in [-0.25, -0.2) is 0 Å². The van der Waals surface area contributed by atoms with Crippen molar-refractivity contribution in [1.82, 2.24) is 7.06 Å². The second-order valence-electron chi connectivity index (χ2n) is 6.70. The number of halogens is 2. The van der Waals surface area contributed by atoms with Gasteiger partial charge in [-0.05, 0) is 0 Å².